The topological polar surface area (TPSA) is 70.1 Å². The highest BCUT2D eigenvalue weighted by atomic mass is 16.3. The number of nitrogens with one attached hydrogen (secondary N) is 2. The summed E-state index contributed by atoms with van der Waals surface area (Å²) in [6, 6.07) is 0.174. The molecule has 0 fully saturated rings. The third-order valence-corrected chi connectivity index (χ3v) is 2.98. The lowest BCUT2D eigenvalue weighted by Gasteiger charge is -2.19. The van der Waals surface area contributed by atoms with Gasteiger partial charge in [-0.25, -0.2) is 9.97 Å². The largest absolute Gasteiger partial charge is 0.393 e. The fraction of sp³-hybridized carbons (Fsp3) is 0.714. The highest BCUT2D eigenvalue weighted by molar-refractivity contribution is 5.57. The first-order valence-corrected chi connectivity index (χ1v) is 6.97. The van der Waals surface area contributed by atoms with E-state index < -0.39 is 0 Å². The van der Waals surface area contributed by atoms with Crippen LogP contribution in [0.25, 0.3) is 0 Å². The van der Waals surface area contributed by atoms with E-state index in [0.29, 0.717) is 6.42 Å². The van der Waals surface area contributed by atoms with Gasteiger partial charge in [0.1, 0.15) is 17.5 Å². The van der Waals surface area contributed by atoms with Gasteiger partial charge in [0.2, 0.25) is 0 Å². The summed E-state index contributed by atoms with van der Waals surface area (Å²) in [6.07, 6.45) is 2.27. The van der Waals surface area contributed by atoms with Gasteiger partial charge in [0, 0.05) is 25.1 Å². The van der Waals surface area contributed by atoms with E-state index in [4.69, 9.17) is 0 Å². The van der Waals surface area contributed by atoms with Crippen molar-refractivity contribution < 1.29 is 5.11 Å². The van der Waals surface area contributed by atoms with Crippen molar-refractivity contribution in [3.05, 3.63) is 11.4 Å². The Hall–Kier alpha value is -1.36. The Morgan fingerprint density at radius 3 is 2.37 bits per heavy atom. The Morgan fingerprint density at radius 2 is 1.84 bits per heavy atom. The summed E-state index contributed by atoms with van der Waals surface area (Å²) in [6.45, 7) is 7.96. The van der Waals surface area contributed by atoms with Crippen molar-refractivity contribution in [3.63, 3.8) is 0 Å². The highest BCUT2D eigenvalue weighted by Crippen LogP contribution is 2.21. The Bertz CT molecular complexity index is 407. The number of aromatic nitrogens is 2. The van der Waals surface area contributed by atoms with Gasteiger partial charge in [-0.15, -0.1) is 0 Å². The molecule has 1 aromatic heterocycles. The first kappa shape index (κ1) is 15.7. The van der Waals surface area contributed by atoms with E-state index in [-0.39, 0.29) is 12.1 Å². The maximum absolute atomic E-state index is 9.42. The van der Waals surface area contributed by atoms with Crippen molar-refractivity contribution in [3.8, 4) is 0 Å². The predicted molar refractivity (Wildman–Crippen MR) is 79.7 cm³/mol. The fourth-order valence-corrected chi connectivity index (χ4v) is 2.09. The van der Waals surface area contributed by atoms with Crippen LogP contribution in [-0.4, -0.2) is 34.3 Å². The number of anilines is 2. The van der Waals surface area contributed by atoms with E-state index in [9.17, 15) is 5.11 Å². The van der Waals surface area contributed by atoms with E-state index in [0.717, 1.165) is 35.9 Å². The van der Waals surface area contributed by atoms with Crippen LogP contribution in [-0.2, 0) is 6.42 Å². The van der Waals surface area contributed by atoms with Gasteiger partial charge in [-0.05, 0) is 33.6 Å². The molecule has 5 heteroatoms. The molecule has 3 N–H and O–H groups in total. The lowest BCUT2D eigenvalue weighted by Crippen LogP contribution is -2.22. The number of aryl methyl sites for hydroxylation is 1. The van der Waals surface area contributed by atoms with Gasteiger partial charge in [-0.1, -0.05) is 6.92 Å². The molecule has 0 aliphatic rings. The van der Waals surface area contributed by atoms with E-state index in [1.165, 1.54) is 0 Å². The molecule has 2 unspecified atom stereocenters. The molecule has 1 aromatic rings. The molecule has 0 spiro atoms. The number of aliphatic hydroxyl groups excluding tert-OH is 1. The molecule has 2 atom stereocenters. The summed E-state index contributed by atoms with van der Waals surface area (Å²) in [5, 5.41) is 15.9. The lowest BCUT2D eigenvalue weighted by atomic mass is 10.1. The molecule has 0 saturated carbocycles. The second-order valence-electron chi connectivity index (χ2n) is 5.09. The molecule has 1 rings (SSSR count). The second kappa shape index (κ2) is 7.28. The van der Waals surface area contributed by atoms with E-state index in [2.05, 4.69) is 27.5 Å². The van der Waals surface area contributed by atoms with Gasteiger partial charge in [0.25, 0.3) is 0 Å². The minimum Gasteiger partial charge on any atom is -0.393 e. The average molecular weight is 266 g/mol. The van der Waals surface area contributed by atoms with Gasteiger partial charge in [-0.2, -0.15) is 0 Å². The molecule has 0 radical (unpaired) electrons. The quantitative estimate of drug-likeness (QED) is 0.706. The summed E-state index contributed by atoms with van der Waals surface area (Å²) in [5.74, 6) is 2.57. The van der Waals surface area contributed by atoms with Crippen LogP contribution < -0.4 is 10.6 Å². The summed E-state index contributed by atoms with van der Waals surface area (Å²) in [7, 11) is 1.87. The van der Waals surface area contributed by atoms with Crippen molar-refractivity contribution in [1.82, 2.24) is 9.97 Å². The number of hydrogen-bond acceptors (Lipinski definition) is 5. The third-order valence-electron chi connectivity index (χ3n) is 2.98. The maximum Gasteiger partial charge on any atom is 0.134 e. The summed E-state index contributed by atoms with van der Waals surface area (Å²) < 4.78 is 0. The Morgan fingerprint density at radius 1 is 1.21 bits per heavy atom. The van der Waals surface area contributed by atoms with Crippen LogP contribution in [0.3, 0.4) is 0 Å². The minimum absolute atomic E-state index is 0.174. The van der Waals surface area contributed by atoms with Crippen molar-refractivity contribution >= 4 is 11.6 Å². The van der Waals surface area contributed by atoms with Crippen LogP contribution in [0.5, 0.6) is 0 Å². The molecular weight excluding hydrogens is 240 g/mol. The van der Waals surface area contributed by atoms with Gasteiger partial charge >= 0.3 is 0 Å². The van der Waals surface area contributed by atoms with Crippen LogP contribution in [0.15, 0.2) is 0 Å². The zero-order valence-electron chi connectivity index (χ0n) is 12.6. The number of rotatable bonds is 7. The minimum atomic E-state index is -0.316. The van der Waals surface area contributed by atoms with Crippen LogP contribution >= 0.6 is 0 Å². The van der Waals surface area contributed by atoms with E-state index in [1.54, 1.807) is 6.92 Å². The average Bonchev–Trinajstić information content (AvgIpc) is 2.32. The molecule has 1 heterocycles. The van der Waals surface area contributed by atoms with Gasteiger partial charge in [0.15, 0.2) is 0 Å². The Labute approximate surface area is 115 Å². The summed E-state index contributed by atoms with van der Waals surface area (Å²) in [5.41, 5.74) is 1.01. The molecule has 0 bridgehead atoms. The van der Waals surface area contributed by atoms with Gasteiger partial charge in [-0.3, -0.25) is 0 Å². The molecule has 0 aromatic carbocycles. The molecule has 0 aliphatic heterocycles. The normalized spacial score (nSPS) is 14.0. The zero-order chi connectivity index (χ0) is 14.4. The smallest absolute Gasteiger partial charge is 0.134 e. The Balaban J connectivity index is 2.94. The van der Waals surface area contributed by atoms with Crippen molar-refractivity contribution in [2.24, 2.45) is 0 Å². The molecular formula is C14H26N4O. The van der Waals surface area contributed by atoms with Crippen LogP contribution in [0.1, 0.15) is 45.0 Å². The lowest BCUT2D eigenvalue weighted by molar-refractivity contribution is 0.179. The number of hydrogen-bond donors (Lipinski definition) is 3. The number of nitrogens with zero attached hydrogens (tertiary/aromatic N) is 2. The fourth-order valence-electron chi connectivity index (χ4n) is 2.09. The first-order chi connectivity index (χ1) is 8.97. The second-order valence-corrected chi connectivity index (χ2v) is 5.09. The monoisotopic (exact) mass is 266 g/mol. The van der Waals surface area contributed by atoms with E-state index >= 15 is 0 Å². The third kappa shape index (κ3) is 4.67. The maximum atomic E-state index is 9.42. The molecule has 0 amide bonds. The Kier molecular flexibility index (Phi) is 6.02. The molecule has 19 heavy (non-hydrogen) atoms. The SMILES string of the molecule is CCCc1nc(NC)c(C)c(NC(C)CC(C)O)n1. The van der Waals surface area contributed by atoms with Gasteiger partial charge < -0.3 is 15.7 Å². The van der Waals surface area contributed by atoms with E-state index in [1.807, 2.05) is 20.9 Å². The highest BCUT2D eigenvalue weighted by Gasteiger charge is 2.13. The zero-order valence-corrected chi connectivity index (χ0v) is 12.6. The molecule has 5 nitrogen and oxygen atoms in total. The molecule has 0 saturated heterocycles. The first-order valence-electron chi connectivity index (χ1n) is 6.97. The van der Waals surface area contributed by atoms with Crippen LogP contribution in [0, 0.1) is 6.92 Å². The molecule has 108 valence electrons. The van der Waals surface area contributed by atoms with Crippen molar-refractivity contribution in [2.45, 2.75) is 59.1 Å². The summed E-state index contributed by atoms with van der Waals surface area (Å²) >= 11 is 0. The molecule has 0 aliphatic carbocycles. The van der Waals surface area contributed by atoms with Crippen LogP contribution in [0.4, 0.5) is 11.6 Å². The standard InChI is InChI=1S/C14H26N4O/c1-6-7-12-17-13(15-5)11(4)14(18-12)16-9(2)8-10(3)19/h9-10,19H,6-8H2,1-5H3,(H2,15,16,17,18). The number of aliphatic hydroxyl groups is 1. The van der Waals surface area contributed by atoms with Crippen molar-refractivity contribution in [1.29, 1.82) is 0 Å². The van der Waals surface area contributed by atoms with Gasteiger partial charge in [0.05, 0.1) is 6.10 Å². The van der Waals surface area contributed by atoms with Crippen molar-refractivity contribution in [2.75, 3.05) is 17.7 Å². The van der Waals surface area contributed by atoms with Crippen LogP contribution in [0.2, 0.25) is 0 Å². The summed E-state index contributed by atoms with van der Waals surface area (Å²) in [4.78, 5) is 9.07. The predicted octanol–water partition coefficient (Wildman–Crippen LogP) is 2.35.